The van der Waals surface area contributed by atoms with E-state index in [1.807, 2.05) is 44.3 Å². The summed E-state index contributed by atoms with van der Waals surface area (Å²) < 4.78 is 0. The Kier molecular flexibility index (Phi) is 3.28. The minimum absolute atomic E-state index is 0.738. The second-order valence-electron chi connectivity index (χ2n) is 4.61. The number of rotatable bonds is 2. The monoisotopic (exact) mass is 282 g/mol. The van der Waals surface area contributed by atoms with Crippen LogP contribution in [0.25, 0.3) is 10.8 Å². The first-order chi connectivity index (χ1) is 9.63. The molecular formula is C15H14N4S. The molecule has 0 aliphatic carbocycles. The summed E-state index contributed by atoms with van der Waals surface area (Å²) in [7, 11) is 0. The number of fused-ring (bicyclic) bond motifs is 1. The Labute approximate surface area is 121 Å². The fourth-order valence-corrected chi connectivity index (χ4v) is 2.92. The van der Waals surface area contributed by atoms with E-state index in [2.05, 4.69) is 15.0 Å². The van der Waals surface area contributed by atoms with Gasteiger partial charge in [0.05, 0.1) is 0 Å². The van der Waals surface area contributed by atoms with Gasteiger partial charge in [-0.05, 0) is 49.9 Å². The molecule has 0 atom stereocenters. The summed E-state index contributed by atoms with van der Waals surface area (Å²) in [4.78, 5) is 14.1. The quantitative estimate of drug-likeness (QED) is 0.576. The van der Waals surface area contributed by atoms with Crippen LogP contribution in [0.4, 0.5) is 5.69 Å². The number of benzene rings is 1. The first-order valence-electron chi connectivity index (χ1n) is 6.26. The lowest BCUT2D eigenvalue weighted by molar-refractivity contribution is 0.933. The highest BCUT2D eigenvalue weighted by Crippen LogP contribution is 2.34. The third-order valence-electron chi connectivity index (χ3n) is 3.01. The Balaban J connectivity index is 2.12. The average Bonchev–Trinajstić information content (AvgIpc) is 2.42. The minimum Gasteiger partial charge on any atom is -0.398 e. The van der Waals surface area contributed by atoms with Gasteiger partial charge in [0, 0.05) is 45.1 Å². The van der Waals surface area contributed by atoms with Crippen molar-refractivity contribution >= 4 is 28.2 Å². The fourth-order valence-electron chi connectivity index (χ4n) is 2.00. The number of aryl methyl sites for hydroxylation is 2. The molecule has 0 fully saturated rings. The summed E-state index contributed by atoms with van der Waals surface area (Å²) >= 11 is 1.54. The van der Waals surface area contributed by atoms with Crippen LogP contribution in [0.15, 0.2) is 46.7 Å². The average molecular weight is 282 g/mol. The number of aromatic nitrogens is 3. The van der Waals surface area contributed by atoms with E-state index < -0.39 is 0 Å². The topological polar surface area (TPSA) is 64.7 Å². The number of hydrogen-bond donors (Lipinski definition) is 1. The molecular weight excluding hydrogens is 268 g/mol. The van der Waals surface area contributed by atoms with Crippen molar-refractivity contribution < 1.29 is 0 Å². The van der Waals surface area contributed by atoms with Crippen molar-refractivity contribution in [2.75, 3.05) is 5.73 Å². The van der Waals surface area contributed by atoms with E-state index in [0.29, 0.717) is 0 Å². The molecule has 2 aromatic heterocycles. The molecule has 0 radical (unpaired) electrons. The summed E-state index contributed by atoms with van der Waals surface area (Å²) in [6, 6.07) is 7.84. The highest BCUT2D eigenvalue weighted by molar-refractivity contribution is 7.99. The standard InChI is InChI=1S/C15H14N4S/c1-9-5-6-17-15(19-9)20-14-4-3-13(16)12-8-18-10(2)7-11(12)14/h3-8H,16H2,1-2H3. The van der Waals surface area contributed by atoms with Gasteiger partial charge in [-0.15, -0.1) is 0 Å². The number of anilines is 1. The highest BCUT2D eigenvalue weighted by atomic mass is 32.2. The molecule has 0 aliphatic rings. The van der Waals surface area contributed by atoms with Crippen LogP contribution in [0.3, 0.4) is 0 Å². The van der Waals surface area contributed by atoms with Crippen molar-refractivity contribution in [3.63, 3.8) is 0 Å². The molecule has 3 rings (SSSR count). The molecule has 1 aromatic carbocycles. The van der Waals surface area contributed by atoms with Gasteiger partial charge in [-0.2, -0.15) is 0 Å². The van der Waals surface area contributed by atoms with E-state index in [9.17, 15) is 0 Å². The van der Waals surface area contributed by atoms with E-state index in [0.717, 1.165) is 37.9 Å². The lowest BCUT2D eigenvalue weighted by Gasteiger charge is -2.08. The molecule has 0 amide bonds. The van der Waals surface area contributed by atoms with Gasteiger partial charge in [-0.1, -0.05) is 0 Å². The normalized spacial score (nSPS) is 10.9. The molecule has 5 heteroatoms. The molecule has 0 saturated heterocycles. The summed E-state index contributed by atoms with van der Waals surface area (Å²) in [5.41, 5.74) is 8.68. The van der Waals surface area contributed by atoms with Gasteiger partial charge < -0.3 is 5.73 Å². The summed E-state index contributed by atoms with van der Waals surface area (Å²) in [5, 5.41) is 2.80. The molecule has 4 nitrogen and oxygen atoms in total. The number of nitrogens with two attached hydrogens (primary N) is 1. The Morgan fingerprint density at radius 2 is 1.85 bits per heavy atom. The third kappa shape index (κ3) is 2.44. The summed E-state index contributed by atoms with van der Waals surface area (Å²) in [6.07, 6.45) is 3.60. The molecule has 0 unspecified atom stereocenters. The van der Waals surface area contributed by atoms with E-state index in [4.69, 9.17) is 5.73 Å². The molecule has 20 heavy (non-hydrogen) atoms. The Morgan fingerprint density at radius 1 is 1.00 bits per heavy atom. The fraction of sp³-hybridized carbons (Fsp3) is 0.133. The van der Waals surface area contributed by atoms with Crippen molar-refractivity contribution in [2.45, 2.75) is 23.9 Å². The maximum atomic E-state index is 6.01. The Morgan fingerprint density at radius 3 is 2.65 bits per heavy atom. The zero-order chi connectivity index (χ0) is 14.1. The van der Waals surface area contributed by atoms with Crippen LogP contribution in [0.1, 0.15) is 11.4 Å². The van der Waals surface area contributed by atoms with Gasteiger partial charge in [-0.3, -0.25) is 4.98 Å². The van der Waals surface area contributed by atoms with Crippen LogP contribution < -0.4 is 5.73 Å². The number of nitrogens with zero attached hydrogens (tertiary/aromatic N) is 3. The predicted molar refractivity (Wildman–Crippen MR) is 81.8 cm³/mol. The van der Waals surface area contributed by atoms with Crippen molar-refractivity contribution in [3.8, 4) is 0 Å². The predicted octanol–water partition coefficient (Wildman–Crippen LogP) is 3.38. The maximum Gasteiger partial charge on any atom is 0.192 e. The van der Waals surface area contributed by atoms with E-state index in [1.165, 1.54) is 0 Å². The summed E-state index contributed by atoms with van der Waals surface area (Å²) in [5.74, 6) is 0. The van der Waals surface area contributed by atoms with Gasteiger partial charge in [0.2, 0.25) is 0 Å². The minimum atomic E-state index is 0.738. The van der Waals surface area contributed by atoms with Gasteiger partial charge in [0.15, 0.2) is 5.16 Å². The van der Waals surface area contributed by atoms with Crippen molar-refractivity contribution in [2.24, 2.45) is 0 Å². The van der Waals surface area contributed by atoms with E-state index >= 15 is 0 Å². The zero-order valence-corrected chi connectivity index (χ0v) is 12.1. The molecule has 2 N–H and O–H groups in total. The lowest BCUT2D eigenvalue weighted by atomic mass is 10.1. The van der Waals surface area contributed by atoms with Crippen LogP contribution in [-0.4, -0.2) is 15.0 Å². The Hall–Kier alpha value is -2.14. The number of pyridine rings is 1. The zero-order valence-electron chi connectivity index (χ0n) is 11.3. The number of hydrogen-bond acceptors (Lipinski definition) is 5. The van der Waals surface area contributed by atoms with Gasteiger partial charge in [-0.25, -0.2) is 9.97 Å². The van der Waals surface area contributed by atoms with Crippen molar-refractivity contribution in [3.05, 3.63) is 48.0 Å². The lowest BCUT2D eigenvalue weighted by Crippen LogP contribution is -1.92. The van der Waals surface area contributed by atoms with Gasteiger partial charge >= 0.3 is 0 Å². The molecule has 0 saturated carbocycles. The SMILES string of the molecule is Cc1cc2c(Sc3nccc(C)n3)ccc(N)c2cn1. The maximum absolute atomic E-state index is 6.01. The van der Waals surface area contributed by atoms with E-state index in [1.54, 1.807) is 18.0 Å². The molecule has 0 bridgehead atoms. The number of nitrogen functional groups attached to an aromatic ring is 1. The molecule has 0 aliphatic heterocycles. The second-order valence-corrected chi connectivity index (χ2v) is 5.62. The molecule has 2 heterocycles. The van der Waals surface area contributed by atoms with Crippen molar-refractivity contribution in [1.82, 2.24) is 15.0 Å². The Bertz CT molecular complexity index is 786. The molecule has 100 valence electrons. The van der Waals surface area contributed by atoms with Gasteiger partial charge in [0.1, 0.15) is 0 Å². The molecule has 3 aromatic rings. The van der Waals surface area contributed by atoms with Crippen LogP contribution in [-0.2, 0) is 0 Å². The third-order valence-corrected chi connectivity index (χ3v) is 3.96. The van der Waals surface area contributed by atoms with Crippen LogP contribution in [0.5, 0.6) is 0 Å². The second kappa shape index (κ2) is 5.09. The molecule has 0 spiro atoms. The van der Waals surface area contributed by atoms with Crippen LogP contribution in [0.2, 0.25) is 0 Å². The summed E-state index contributed by atoms with van der Waals surface area (Å²) in [6.45, 7) is 3.93. The van der Waals surface area contributed by atoms with Gasteiger partial charge in [0.25, 0.3) is 0 Å². The largest absolute Gasteiger partial charge is 0.398 e. The highest BCUT2D eigenvalue weighted by Gasteiger charge is 2.08. The first-order valence-corrected chi connectivity index (χ1v) is 7.07. The van der Waals surface area contributed by atoms with Crippen molar-refractivity contribution in [1.29, 1.82) is 0 Å². The first kappa shape index (κ1) is 12.9. The smallest absolute Gasteiger partial charge is 0.192 e. The van der Waals surface area contributed by atoms with E-state index in [-0.39, 0.29) is 0 Å². The van der Waals surface area contributed by atoms with Crippen LogP contribution in [0, 0.1) is 13.8 Å². The van der Waals surface area contributed by atoms with Crippen LogP contribution >= 0.6 is 11.8 Å².